The van der Waals surface area contributed by atoms with Gasteiger partial charge in [0.05, 0.1) is 0 Å². The number of hydrogen-bond donors (Lipinski definition) is 1. The molecule has 0 unspecified atom stereocenters. The van der Waals surface area contributed by atoms with E-state index >= 15 is 0 Å². The van der Waals surface area contributed by atoms with Crippen molar-refractivity contribution >= 4 is 17.3 Å². The van der Waals surface area contributed by atoms with Gasteiger partial charge in [0.15, 0.2) is 5.65 Å². The first-order valence-corrected chi connectivity index (χ1v) is 8.51. The van der Waals surface area contributed by atoms with Crippen LogP contribution in [0.1, 0.15) is 17.7 Å². The normalized spacial score (nSPS) is 17.4. The number of nitrogens with zero attached hydrogens (tertiary/aromatic N) is 4. The van der Waals surface area contributed by atoms with Crippen molar-refractivity contribution in [3.8, 4) is 0 Å². The van der Waals surface area contributed by atoms with Crippen LogP contribution in [0.3, 0.4) is 0 Å². The molecule has 7 nitrogen and oxygen atoms in total. The van der Waals surface area contributed by atoms with Gasteiger partial charge in [-0.2, -0.15) is 0 Å². The van der Waals surface area contributed by atoms with Crippen molar-refractivity contribution in [1.82, 2.24) is 14.5 Å². The van der Waals surface area contributed by atoms with Gasteiger partial charge >= 0.3 is 0 Å². The molecule has 130 valence electrons. The minimum absolute atomic E-state index is 0.182. The Labute approximate surface area is 145 Å². The number of nitrogens with one attached hydrogen (secondary N) is 1. The lowest BCUT2D eigenvalue weighted by molar-refractivity contribution is 0.345. The number of rotatable bonds is 4. The second kappa shape index (κ2) is 6.23. The molecule has 4 heterocycles. The van der Waals surface area contributed by atoms with Gasteiger partial charge in [-0.1, -0.05) is 0 Å². The van der Waals surface area contributed by atoms with Crippen LogP contribution in [0.25, 0.3) is 5.65 Å². The van der Waals surface area contributed by atoms with E-state index in [-0.39, 0.29) is 5.56 Å². The summed E-state index contributed by atoms with van der Waals surface area (Å²) in [6, 6.07) is 7.36. The molecule has 0 amide bonds. The fourth-order valence-electron chi connectivity index (χ4n) is 3.26. The third-order valence-electron chi connectivity index (χ3n) is 4.55. The zero-order valence-electron chi connectivity index (χ0n) is 14.4. The first-order chi connectivity index (χ1) is 12.1. The topological polar surface area (TPSA) is 75.7 Å². The molecule has 1 aliphatic rings. The Morgan fingerprint density at radius 1 is 1.32 bits per heavy atom. The van der Waals surface area contributed by atoms with Crippen LogP contribution in [0, 0.1) is 19.8 Å². The summed E-state index contributed by atoms with van der Waals surface area (Å²) in [5, 5.41) is 3.40. The predicted molar refractivity (Wildman–Crippen MR) is 96.2 cm³/mol. The van der Waals surface area contributed by atoms with Gasteiger partial charge < -0.3 is 14.7 Å². The highest BCUT2D eigenvalue weighted by Gasteiger charge is 2.24. The van der Waals surface area contributed by atoms with Gasteiger partial charge in [-0.25, -0.2) is 9.97 Å². The number of aryl methyl sites for hydroxylation is 2. The van der Waals surface area contributed by atoms with Crippen LogP contribution in [0.5, 0.6) is 0 Å². The molecule has 0 aliphatic carbocycles. The maximum Gasteiger partial charge on any atom is 0.289 e. The van der Waals surface area contributed by atoms with E-state index in [1.54, 1.807) is 12.1 Å². The Balaban J connectivity index is 1.44. The second-order valence-electron chi connectivity index (χ2n) is 6.65. The minimum Gasteiger partial charge on any atom is -0.375 e. The van der Waals surface area contributed by atoms with E-state index in [9.17, 15) is 4.79 Å². The smallest absolute Gasteiger partial charge is 0.289 e. The van der Waals surface area contributed by atoms with Crippen LogP contribution in [0.4, 0.5) is 11.6 Å². The van der Waals surface area contributed by atoms with Crippen LogP contribution in [-0.4, -0.2) is 34.2 Å². The summed E-state index contributed by atoms with van der Waals surface area (Å²) < 4.78 is 6.57. The molecule has 1 atom stereocenters. The number of fused-ring (bicyclic) bond motifs is 1. The van der Waals surface area contributed by atoms with Gasteiger partial charge in [0.25, 0.3) is 5.56 Å². The van der Waals surface area contributed by atoms with Crippen molar-refractivity contribution in [2.24, 2.45) is 5.92 Å². The van der Waals surface area contributed by atoms with Gasteiger partial charge in [0.1, 0.15) is 17.4 Å². The third-order valence-corrected chi connectivity index (χ3v) is 4.55. The molecule has 0 spiro atoms. The fourth-order valence-corrected chi connectivity index (χ4v) is 3.26. The highest BCUT2D eigenvalue weighted by Crippen LogP contribution is 2.22. The lowest BCUT2D eigenvalue weighted by atomic mass is 10.1. The zero-order valence-corrected chi connectivity index (χ0v) is 14.4. The first-order valence-electron chi connectivity index (χ1n) is 8.51. The van der Waals surface area contributed by atoms with Crippen molar-refractivity contribution in [1.29, 1.82) is 0 Å². The highest BCUT2D eigenvalue weighted by atomic mass is 16.5. The molecule has 25 heavy (non-hydrogen) atoms. The van der Waals surface area contributed by atoms with Gasteiger partial charge in [-0.3, -0.25) is 4.79 Å². The number of anilines is 2. The quantitative estimate of drug-likeness (QED) is 0.786. The Kier molecular flexibility index (Phi) is 3.91. The molecule has 1 fully saturated rings. The lowest BCUT2D eigenvalue weighted by Gasteiger charge is -2.17. The van der Waals surface area contributed by atoms with E-state index in [4.69, 9.17) is 4.52 Å². The van der Waals surface area contributed by atoms with Crippen molar-refractivity contribution in [2.45, 2.75) is 20.3 Å². The van der Waals surface area contributed by atoms with Crippen LogP contribution >= 0.6 is 0 Å². The van der Waals surface area contributed by atoms with E-state index in [1.165, 1.54) is 10.1 Å². The van der Waals surface area contributed by atoms with Gasteiger partial charge in [-0.05, 0) is 43.9 Å². The molecule has 0 radical (unpaired) electrons. The van der Waals surface area contributed by atoms with Crippen LogP contribution in [-0.2, 0) is 0 Å². The Morgan fingerprint density at radius 3 is 3.04 bits per heavy atom. The molecule has 1 N–H and O–H groups in total. The molecular weight excluding hydrogens is 318 g/mol. The minimum atomic E-state index is -0.182. The lowest BCUT2D eigenvalue weighted by Crippen LogP contribution is -2.25. The number of aromatic nitrogens is 3. The standard InChI is InChI=1S/C18H21N5O2/c1-12-3-5-19-15(7-12)20-10-14-4-6-22(11-14)16-9-18(24)23-17(21-16)8-13(2)25-23/h3,5,7-9,14H,4,6,10-11H2,1-2H3,(H,19,20)/t14-/m0/s1. The maximum absolute atomic E-state index is 12.2. The van der Waals surface area contributed by atoms with Crippen molar-refractivity contribution in [3.63, 3.8) is 0 Å². The SMILES string of the molecule is Cc1ccnc(NC[C@@H]2CCN(c3cc(=O)n4oc(C)cc4n3)C2)c1. The van der Waals surface area contributed by atoms with Crippen molar-refractivity contribution in [2.75, 3.05) is 29.9 Å². The fraction of sp³-hybridized carbons (Fsp3) is 0.389. The maximum atomic E-state index is 12.2. The molecule has 4 rings (SSSR count). The van der Waals surface area contributed by atoms with Gasteiger partial charge in [-0.15, -0.1) is 4.57 Å². The van der Waals surface area contributed by atoms with Crippen LogP contribution < -0.4 is 15.8 Å². The Morgan fingerprint density at radius 2 is 2.20 bits per heavy atom. The number of pyridine rings is 1. The Hall–Kier alpha value is -2.83. The molecular formula is C18H21N5O2. The van der Waals surface area contributed by atoms with Crippen molar-refractivity contribution < 1.29 is 4.52 Å². The largest absolute Gasteiger partial charge is 0.375 e. The molecule has 0 bridgehead atoms. The molecule has 3 aromatic heterocycles. The monoisotopic (exact) mass is 339 g/mol. The molecule has 7 heteroatoms. The summed E-state index contributed by atoms with van der Waals surface area (Å²) in [5.41, 5.74) is 1.57. The molecule has 1 saturated heterocycles. The average molecular weight is 339 g/mol. The molecule has 0 saturated carbocycles. The van der Waals surface area contributed by atoms with E-state index in [1.807, 2.05) is 25.3 Å². The molecule has 0 aromatic carbocycles. The van der Waals surface area contributed by atoms with E-state index in [0.717, 1.165) is 37.7 Å². The van der Waals surface area contributed by atoms with Gasteiger partial charge in [0.2, 0.25) is 0 Å². The number of hydrogen-bond acceptors (Lipinski definition) is 6. The summed E-state index contributed by atoms with van der Waals surface area (Å²) in [5.74, 6) is 2.80. The molecule has 3 aromatic rings. The van der Waals surface area contributed by atoms with Crippen molar-refractivity contribution in [3.05, 3.63) is 52.1 Å². The summed E-state index contributed by atoms with van der Waals surface area (Å²) in [6.45, 7) is 6.50. The Bertz CT molecular complexity index is 961. The summed E-state index contributed by atoms with van der Waals surface area (Å²) in [7, 11) is 0. The van der Waals surface area contributed by atoms with Crippen LogP contribution in [0.2, 0.25) is 0 Å². The van der Waals surface area contributed by atoms with E-state index in [0.29, 0.717) is 17.3 Å². The predicted octanol–water partition coefficient (Wildman–Crippen LogP) is 2.24. The summed E-state index contributed by atoms with van der Waals surface area (Å²) in [4.78, 5) is 23.2. The second-order valence-corrected chi connectivity index (χ2v) is 6.65. The third kappa shape index (κ3) is 3.22. The summed E-state index contributed by atoms with van der Waals surface area (Å²) in [6.07, 6.45) is 2.88. The zero-order chi connectivity index (χ0) is 17.4. The van der Waals surface area contributed by atoms with E-state index in [2.05, 4.69) is 27.1 Å². The summed E-state index contributed by atoms with van der Waals surface area (Å²) >= 11 is 0. The molecule has 1 aliphatic heterocycles. The first kappa shape index (κ1) is 15.7. The van der Waals surface area contributed by atoms with E-state index < -0.39 is 0 Å². The van der Waals surface area contributed by atoms with Crippen LogP contribution in [0.15, 0.2) is 39.8 Å². The highest BCUT2D eigenvalue weighted by molar-refractivity contribution is 5.48. The van der Waals surface area contributed by atoms with Gasteiger partial charge in [0, 0.05) is 38.0 Å². The average Bonchev–Trinajstić information content (AvgIpc) is 3.19.